The molecule has 0 atom stereocenters. The van der Waals surface area contributed by atoms with E-state index in [1.807, 2.05) is 6.07 Å². The Balaban J connectivity index is 1.61. The van der Waals surface area contributed by atoms with Crippen LogP contribution < -0.4 is 11.1 Å². The molecule has 0 fully saturated rings. The minimum atomic E-state index is -0.267. The Labute approximate surface area is 191 Å². The Bertz CT molecular complexity index is 1280. The van der Waals surface area contributed by atoms with Gasteiger partial charge in [-0.15, -0.1) is 22.7 Å². The fourth-order valence-corrected chi connectivity index (χ4v) is 6.02. The van der Waals surface area contributed by atoms with Gasteiger partial charge in [0.15, 0.2) is 0 Å². The average Bonchev–Trinajstić information content (AvgIpc) is 3.38. The molecule has 8 heteroatoms. The fourth-order valence-electron chi connectivity index (χ4n) is 3.96. The highest BCUT2D eigenvalue weighted by Gasteiger charge is 2.26. The molecule has 1 aliphatic rings. The van der Waals surface area contributed by atoms with Gasteiger partial charge in [0, 0.05) is 11.1 Å². The van der Waals surface area contributed by atoms with E-state index in [9.17, 15) is 4.79 Å². The highest BCUT2D eigenvalue weighted by atomic mass is 35.5. The average molecular weight is 474 g/mol. The number of nitrogens with zero attached hydrogens (tertiary/aromatic N) is 1. The van der Waals surface area contributed by atoms with Crippen molar-refractivity contribution >= 4 is 73.4 Å². The molecule has 0 saturated carbocycles. The standard InChI is InChI=1S/C22H17Cl2N3OS2/c23-14-8-7-11(10-15(14)24)26-21(28)20-18(25)17-12-4-1-2-5-13(12)19(27-22(17)30-20)16-6-3-9-29-16/h3,6-10H,1-2,4-5,25H2,(H,26,28). The van der Waals surface area contributed by atoms with E-state index in [0.29, 0.717) is 26.3 Å². The molecule has 5 rings (SSSR count). The lowest BCUT2D eigenvalue weighted by atomic mass is 9.88. The van der Waals surface area contributed by atoms with Crippen molar-refractivity contribution in [2.45, 2.75) is 25.7 Å². The molecule has 3 N–H and O–H groups in total. The van der Waals surface area contributed by atoms with E-state index in [1.54, 1.807) is 29.5 Å². The molecule has 3 aromatic heterocycles. The smallest absolute Gasteiger partial charge is 0.267 e. The van der Waals surface area contributed by atoms with Gasteiger partial charge in [-0.1, -0.05) is 29.3 Å². The second-order valence-corrected chi connectivity index (χ2v) is 9.97. The Kier molecular flexibility index (Phi) is 5.19. The first kappa shape index (κ1) is 19.8. The molecular weight excluding hydrogens is 457 g/mol. The van der Waals surface area contributed by atoms with Crippen LogP contribution in [0.3, 0.4) is 0 Å². The van der Waals surface area contributed by atoms with Crippen LogP contribution in [-0.4, -0.2) is 10.9 Å². The highest BCUT2D eigenvalue weighted by molar-refractivity contribution is 7.21. The van der Waals surface area contributed by atoms with Gasteiger partial charge in [0.2, 0.25) is 0 Å². The molecule has 0 saturated heterocycles. The van der Waals surface area contributed by atoms with Gasteiger partial charge >= 0.3 is 0 Å². The number of carbonyl (C=O) groups excluding carboxylic acids is 1. The zero-order valence-corrected chi connectivity index (χ0v) is 18.9. The van der Waals surface area contributed by atoms with E-state index in [-0.39, 0.29) is 5.91 Å². The lowest BCUT2D eigenvalue weighted by Crippen LogP contribution is -2.12. The molecule has 1 amide bonds. The maximum absolute atomic E-state index is 13.0. The molecule has 0 spiro atoms. The second-order valence-electron chi connectivity index (χ2n) is 7.21. The predicted octanol–water partition coefficient (Wildman–Crippen LogP) is 7.04. The van der Waals surface area contributed by atoms with Crippen LogP contribution in [0.5, 0.6) is 0 Å². The summed E-state index contributed by atoms with van der Waals surface area (Å²) < 4.78 is 0. The van der Waals surface area contributed by atoms with Crippen molar-refractivity contribution in [2.75, 3.05) is 11.1 Å². The Morgan fingerprint density at radius 1 is 1.10 bits per heavy atom. The number of benzene rings is 1. The summed E-state index contributed by atoms with van der Waals surface area (Å²) in [6.07, 6.45) is 4.22. The van der Waals surface area contributed by atoms with Crippen LogP contribution in [0.25, 0.3) is 20.8 Å². The number of nitrogens with two attached hydrogens (primary N) is 1. The van der Waals surface area contributed by atoms with Gasteiger partial charge in [0.25, 0.3) is 5.91 Å². The number of pyridine rings is 1. The quantitative estimate of drug-likeness (QED) is 0.335. The number of hydrogen-bond acceptors (Lipinski definition) is 5. The molecule has 1 aliphatic carbocycles. The van der Waals surface area contributed by atoms with Gasteiger partial charge in [-0.3, -0.25) is 4.79 Å². The van der Waals surface area contributed by atoms with E-state index in [4.69, 9.17) is 33.9 Å². The van der Waals surface area contributed by atoms with Gasteiger partial charge in [-0.05, 0) is 66.5 Å². The summed E-state index contributed by atoms with van der Waals surface area (Å²) in [5, 5.41) is 6.70. The molecule has 0 unspecified atom stereocenters. The summed E-state index contributed by atoms with van der Waals surface area (Å²) in [6.45, 7) is 0. The number of aromatic nitrogens is 1. The number of nitrogen functional groups attached to an aromatic ring is 1. The predicted molar refractivity (Wildman–Crippen MR) is 128 cm³/mol. The Morgan fingerprint density at radius 3 is 2.63 bits per heavy atom. The van der Waals surface area contributed by atoms with Gasteiger partial charge in [0.1, 0.15) is 9.71 Å². The molecule has 0 aliphatic heterocycles. The number of amides is 1. The van der Waals surface area contributed by atoms with Gasteiger partial charge in [0.05, 0.1) is 26.3 Å². The number of fused-ring (bicyclic) bond motifs is 3. The number of anilines is 2. The number of aryl methyl sites for hydroxylation is 1. The maximum atomic E-state index is 13.0. The molecule has 30 heavy (non-hydrogen) atoms. The summed E-state index contributed by atoms with van der Waals surface area (Å²) in [5.41, 5.74) is 11.1. The van der Waals surface area contributed by atoms with Gasteiger partial charge in [-0.2, -0.15) is 0 Å². The van der Waals surface area contributed by atoms with Crippen LogP contribution in [0.1, 0.15) is 33.6 Å². The van der Waals surface area contributed by atoms with Crippen LogP contribution in [-0.2, 0) is 12.8 Å². The first-order chi connectivity index (χ1) is 14.5. The lowest BCUT2D eigenvalue weighted by Gasteiger charge is -2.19. The molecule has 4 aromatic rings. The van der Waals surface area contributed by atoms with Crippen molar-refractivity contribution in [3.8, 4) is 10.6 Å². The number of hydrogen-bond donors (Lipinski definition) is 2. The van der Waals surface area contributed by atoms with Crippen molar-refractivity contribution in [3.05, 3.63) is 61.8 Å². The molecule has 3 heterocycles. The highest BCUT2D eigenvalue weighted by Crippen LogP contribution is 2.43. The first-order valence-electron chi connectivity index (χ1n) is 9.57. The summed E-state index contributed by atoms with van der Waals surface area (Å²) >= 11 is 15.1. The monoisotopic (exact) mass is 473 g/mol. The zero-order valence-electron chi connectivity index (χ0n) is 15.8. The normalized spacial score (nSPS) is 13.4. The van der Waals surface area contributed by atoms with Crippen LogP contribution in [0.4, 0.5) is 11.4 Å². The Morgan fingerprint density at radius 2 is 1.90 bits per heavy atom. The maximum Gasteiger partial charge on any atom is 0.267 e. The van der Waals surface area contributed by atoms with Crippen molar-refractivity contribution in [1.29, 1.82) is 0 Å². The van der Waals surface area contributed by atoms with Gasteiger partial charge < -0.3 is 11.1 Å². The number of nitrogens with one attached hydrogen (secondary N) is 1. The third kappa shape index (κ3) is 3.38. The molecule has 1 aromatic carbocycles. The molecular formula is C22H17Cl2N3OS2. The third-order valence-electron chi connectivity index (χ3n) is 5.33. The van der Waals surface area contributed by atoms with E-state index in [2.05, 4.69) is 16.8 Å². The first-order valence-corrected chi connectivity index (χ1v) is 12.0. The second kappa shape index (κ2) is 7.85. The van der Waals surface area contributed by atoms with Crippen LogP contribution >= 0.6 is 45.9 Å². The van der Waals surface area contributed by atoms with Crippen LogP contribution in [0.15, 0.2) is 35.7 Å². The largest absolute Gasteiger partial charge is 0.397 e. The number of halogens is 2. The molecule has 0 radical (unpaired) electrons. The minimum Gasteiger partial charge on any atom is -0.397 e. The topological polar surface area (TPSA) is 68.0 Å². The minimum absolute atomic E-state index is 0.267. The Hall–Kier alpha value is -2.12. The van der Waals surface area contributed by atoms with Crippen molar-refractivity contribution < 1.29 is 4.79 Å². The third-order valence-corrected chi connectivity index (χ3v) is 8.05. The lowest BCUT2D eigenvalue weighted by molar-refractivity contribution is 0.103. The van der Waals surface area contributed by atoms with Crippen molar-refractivity contribution in [3.63, 3.8) is 0 Å². The summed E-state index contributed by atoms with van der Waals surface area (Å²) in [4.78, 5) is 20.4. The van der Waals surface area contributed by atoms with Crippen molar-refractivity contribution in [2.24, 2.45) is 0 Å². The van der Waals surface area contributed by atoms with E-state index < -0.39 is 0 Å². The van der Waals surface area contributed by atoms with E-state index >= 15 is 0 Å². The summed E-state index contributed by atoms with van der Waals surface area (Å²) in [6, 6.07) is 9.13. The number of carbonyl (C=O) groups is 1. The number of thiophene rings is 2. The van der Waals surface area contributed by atoms with Crippen LogP contribution in [0, 0.1) is 0 Å². The molecule has 152 valence electrons. The van der Waals surface area contributed by atoms with Crippen LogP contribution in [0.2, 0.25) is 10.0 Å². The molecule has 0 bridgehead atoms. The number of rotatable bonds is 3. The summed E-state index contributed by atoms with van der Waals surface area (Å²) in [7, 11) is 0. The molecule has 4 nitrogen and oxygen atoms in total. The SMILES string of the molecule is Nc1c(C(=O)Nc2ccc(Cl)c(Cl)c2)sc2nc(-c3cccs3)c3c(c12)CCCC3. The fraction of sp³-hybridized carbons (Fsp3) is 0.182. The van der Waals surface area contributed by atoms with Gasteiger partial charge in [-0.25, -0.2) is 4.98 Å². The summed E-state index contributed by atoms with van der Waals surface area (Å²) in [5.74, 6) is -0.267. The van der Waals surface area contributed by atoms with Crippen molar-refractivity contribution in [1.82, 2.24) is 4.98 Å². The zero-order chi connectivity index (χ0) is 20.8. The van der Waals surface area contributed by atoms with E-state index in [0.717, 1.165) is 46.5 Å². The van der Waals surface area contributed by atoms with E-state index in [1.165, 1.54) is 22.5 Å².